The van der Waals surface area contributed by atoms with Crippen LogP contribution in [-0.4, -0.2) is 35.6 Å². The van der Waals surface area contributed by atoms with Crippen molar-refractivity contribution >= 4 is 17.6 Å². The van der Waals surface area contributed by atoms with Gasteiger partial charge in [-0.2, -0.15) is 10.2 Å². The van der Waals surface area contributed by atoms with Gasteiger partial charge >= 0.3 is 0 Å². The van der Waals surface area contributed by atoms with Gasteiger partial charge in [-0.3, -0.25) is 14.0 Å². The van der Waals surface area contributed by atoms with Crippen LogP contribution in [0.25, 0.3) is 11.7 Å². The van der Waals surface area contributed by atoms with Crippen LogP contribution in [0.3, 0.4) is 0 Å². The summed E-state index contributed by atoms with van der Waals surface area (Å²) in [5.74, 6) is -0.0350. The molecular formula is C24H24N4O4. The van der Waals surface area contributed by atoms with E-state index in [9.17, 15) is 14.9 Å². The van der Waals surface area contributed by atoms with Crippen LogP contribution in [0.5, 0.6) is 11.6 Å². The number of hydrogen-bond acceptors (Lipinski definition) is 6. The van der Waals surface area contributed by atoms with E-state index in [-0.39, 0.29) is 17.0 Å². The average molecular weight is 432 g/mol. The zero-order valence-electron chi connectivity index (χ0n) is 18.2. The molecule has 0 aliphatic heterocycles. The Morgan fingerprint density at radius 2 is 1.97 bits per heavy atom. The van der Waals surface area contributed by atoms with Crippen LogP contribution in [0, 0.1) is 25.2 Å². The number of carbonyl (C=O) groups excluding carboxylic acids is 1. The van der Waals surface area contributed by atoms with Gasteiger partial charge in [-0.25, -0.2) is 0 Å². The van der Waals surface area contributed by atoms with E-state index < -0.39 is 11.5 Å². The van der Waals surface area contributed by atoms with E-state index in [1.165, 1.54) is 10.5 Å². The number of ether oxygens (including phenoxy) is 2. The minimum Gasteiger partial charge on any atom is -0.438 e. The van der Waals surface area contributed by atoms with Crippen molar-refractivity contribution in [1.82, 2.24) is 14.7 Å². The molecule has 0 aliphatic carbocycles. The zero-order chi connectivity index (χ0) is 23.1. The largest absolute Gasteiger partial charge is 0.438 e. The molecule has 0 spiro atoms. The molecule has 0 bridgehead atoms. The predicted molar refractivity (Wildman–Crippen MR) is 121 cm³/mol. The van der Waals surface area contributed by atoms with Crippen molar-refractivity contribution in [3.8, 4) is 17.7 Å². The third-order valence-electron chi connectivity index (χ3n) is 4.81. The summed E-state index contributed by atoms with van der Waals surface area (Å²) in [6, 6.07) is 12.8. The highest BCUT2D eigenvalue weighted by Gasteiger charge is 2.18. The summed E-state index contributed by atoms with van der Waals surface area (Å²) >= 11 is 0. The highest BCUT2D eigenvalue weighted by Crippen LogP contribution is 2.27. The number of carbonyl (C=O) groups is 1. The second-order valence-corrected chi connectivity index (χ2v) is 7.16. The lowest BCUT2D eigenvalue weighted by atomic mass is 10.1. The summed E-state index contributed by atoms with van der Waals surface area (Å²) in [6.45, 7) is 4.53. The van der Waals surface area contributed by atoms with Crippen molar-refractivity contribution < 1.29 is 14.3 Å². The first-order valence-corrected chi connectivity index (χ1v) is 10.1. The van der Waals surface area contributed by atoms with Gasteiger partial charge in [-0.1, -0.05) is 24.3 Å². The van der Waals surface area contributed by atoms with Crippen LogP contribution in [0.1, 0.15) is 23.1 Å². The SMILES string of the molecule is COCCCNC(=O)/C(C#N)=C/c1c(Oc2ccccc2C)nc2c(C)cccn2c1=O. The Morgan fingerprint density at radius 1 is 1.22 bits per heavy atom. The van der Waals surface area contributed by atoms with Crippen LogP contribution in [0.15, 0.2) is 53.0 Å². The summed E-state index contributed by atoms with van der Waals surface area (Å²) < 4.78 is 12.3. The fourth-order valence-electron chi connectivity index (χ4n) is 3.08. The summed E-state index contributed by atoms with van der Waals surface area (Å²) in [4.78, 5) is 30.3. The maximum Gasteiger partial charge on any atom is 0.269 e. The van der Waals surface area contributed by atoms with Gasteiger partial charge in [0.25, 0.3) is 11.5 Å². The number of hydrogen-bond donors (Lipinski definition) is 1. The lowest BCUT2D eigenvalue weighted by Crippen LogP contribution is -2.27. The molecule has 0 aliphatic rings. The predicted octanol–water partition coefficient (Wildman–Crippen LogP) is 3.16. The second-order valence-electron chi connectivity index (χ2n) is 7.16. The normalized spacial score (nSPS) is 11.2. The first-order valence-electron chi connectivity index (χ1n) is 10.1. The van der Waals surface area contributed by atoms with E-state index in [1.807, 2.05) is 44.2 Å². The van der Waals surface area contributed by atoms with Gasteiger partial charge in [0.2, 0.25) is 5.88 Å². The van der Waals surface area contributed by atoms with Crippen LogP contribution in [-0.2, 0) is 9.53 Å². The van der Waals surface area contributed by atoms with Crippen LogP contribution in [0.2, 0.25) is 0 Å². The van der Waals surface area contributed by atoms with Gasteiger partial charge in [0, 0.05) is 26.5 Å². The number of nitrogens with zero attached hydrogens (tertiary/aromatic N) is 3. The molecule has 0 fully saturated rings. The maximum absolute atomic E-state index is 13.3. The molecule has 2 heterocycles. The Labute approximate surface area is 185 Å². The van der Waals surface area contributed by atoms with Gasteiger partial charge in [-0.15, -0.1) is 0 Å². The van der Waals surface area contributed by atoms with Crippen LogP contribution >= 0.6 is 0 Å². The molecule has 8 heteroatoms. The highest BCUT2D eigenvalue weighted by molar-refractivity contribution is 6.01. The zero-order valence-corrected chi connectivity index (χ0v) is 18.2. The minimum absolute atomic E-state index is 0.0138. The fraction of sp³-hybridized carbons (Fsp3) is 0.250. The van der Waals surface area contributed by atoms with Crippen molar-refractivity contribution in [2.75, 3.05) is 20.3 Å². The summed E-state index contributed by atoms with van der Waals surface area (Å²) in [5, 5.41) is 12.2. The first kappa shape index (κ1) is 22.7. The third-order valence-corrected chi connectivity index (χ3v) is 4.81. The van der Waals surface area contributed by atoms with E-state index in [0.29, 0.717) is 31.0 Å². The second kappa shape index (κ2) is 10.4. The molecule has 8 nitrogen and oxygen atoms in total. The molecule has 0 radical (unpaired) electrons. The van der Waals surface area contributed by atoms with Crippen LogP contribution < -0.4 is 15.6 Å². The number of pyridine rings is 1. The average Bonchev–Trinajstić information content (AvgIpc) is 2.79. The van der Waals surface area contributed by atoms with Gasteiger partial charge in [0.15, 0.2) is 0 Å². The van der Waals surface area contributed by atoms with Crippen molar-refractivity contribution in [2.45, 2.75) is 20.3 Å². The fourth-order valence-corrected chi connectivity index (χ4v) is 3.08. The van der Waals surface area contributed by atoms with E-state index >= 15 is 0 Å². The Hall–Kier alpha value is -3.96. The molecule has 0 unspecified atom stereocenters. The lowest BCUT2D eigenvalue weighted by molar-refractivity contribution is -0.117. The summed E-state index contributed by atoms with van der Waals surface area (Å²) in [5.41, 5.74) is 1.42. The van der Waals surface area contributed by atoms with Gasteiger partial charge in [0.05, 0.1) is 0 Å². The monoisotopic (exact) mass is 432 g/mol. The molecule has 2 aromatic heterocycles. The molecule has 0 atom stereocenters. The Kier molecular flexibility index (Phi) is 7.37. The minimum atomic E-state index is -0.584. The number of amides is 1. The molecule has 164 valence electrons. The Balaban J connectivity index is 2.11. The number of nitriles is 1. The molecule has 3 rings (SSSR count). The lowest BCUT2D eigenvalue weighted by Gasteiger charge is -2.13. The van der Waals surface area contributed by atoms with Gasteiger partial charge in [0.1, 0.15) is 28.6 Å². The van der Waals surface area contributed by atoms with Gasteiger partial charge in [-0.05, 0) is 49.6 Å². The molecule has 32 heavy (non-hydrogen) atoms. The molecule has 1 amide bonds. The number of aromatic nitrogens is 2. The maximum atomic E-state index is 13.3. The topological polar surface area (TPSA) is 106 Å². The number of para-hydroxylation sites is 1. The number of methoxy groups -OCH3 is 1. The number of benzene rings is 1. The molecule has 1 aromatic carbocycles. The third kappa shape index (κ3) is 5.02. The van der Waals surface area contributed by atoms with Crippen molar-refractivity contribution in [1.29, 1.82) is 5.26 Å². The van der Waals surface area contributed by atoms with E-state index in [1.54, 1.807) is 25.4 Å². The summed E-state index contributed by atoms with van der Waals surface area (Å²) in [7, 11) is 1.57. The van der Waals surface area contributed by atoms with E-state index in [4.69, 9.17) is 9.47 Å². The number of rotatable bonds is 8. The molecule has 0 saturated carbocycles. The quantitative estimate of drug-likeness (QED) is 0.333. The number of fused-ring (bicyclic) bond motifs is 1. The Morgan fingerprint density at radius 3 is 2.69 bits per heavy atom. The van der Waals surface area contributed by atoms with Crippen molar-refractivity contribution in [2.24, 2.45) is 0 Å². The highest BCUT2D eigenvalue weighted by atomic mass is 16.5. The molecule has 0 saturated heterocycles. The van der Waals surface area contributed by atoms with Crippen molar-refractivity contribution in [3.63, 3.8) is 0 Å². The summed E-state index contributed by atoms with van der Waals surface area (Å²) in [6.07, 6.45) is 3.41. The van der Waals surface area contributed by atoms with Crippen molar-refractivity contribution in [3.05, 3.63) is 75.2 Å². The van der Waals surface area contributed by atoms with Gasteiger partial charge < -0.3 is 14.8 Å². The molecule has 3 aromatic rings. The van der Waals surface area contributed by atoms with E-state index in [2.05, 4.69) is 10.3 Å². The van der Waals surface area contributed by atoms with E-state index in [0.717, 1.165) is 11.1 Å². The number of aryl methyl sites for hydroxylation is 2. The number of nitrogens with one attached hydrogen (secondary N) is 1. The Bertz CT molecular complexity index is 1270. The standard InChI is InChI=1S/C24H24N4O4/c1-16-8-4-5-10-20(16)32-23-19(14-18(15-25)22(29)26-11-7-13-31-3)24(30)28-12-6-9-17(2)21(28)27-23/h4-6,8-10,12,14H,7,11,13H2,1-3H3,(H,26,29)/b18-14+. The smallest absolute Gasteiger partial charge is 0.269 e. The van der Waals surface area contributed by atoms with Crippen LogP contribution in [0.4, 0.5) is 0 Å². The molecular weight excluding hydrogens is 408 g/mol. The molecule has 1 N–H and O–H groups in total. The first-order chi connectivity index (χ1) is 15.5.